The Labute approximate surface area is 354 Å². The lowest BCUT2D eigenvalue weighted by atomic mass is 9.88. The van der Waals surface area contributed by atoms with Crippen LogP contribution in [-0.2, 0) is 41.9 Å². The molecule has 16 heteroatoms. The van der Waals surface area contributed by atoms with Crippen LogP contribution in [0.15, 0.2) is 60.7 Å². The predicted octanol–water partition coefficient (Wildman–Crippen LogP) is 3.68. The van der Waals surface area contributed by atoms with Crippen LogP contribution in [0, 0.1) is 23.7 Å². The number of amides is 6. The highest BCUT2D eigenvalue weighted by Crippen LogP contribution is 2.19. The molecule has 0 saturated carbocycles. The third-order valence-corrected chi connectivity index (χ3v) is 9.65. The topological polar surface area (TPSA) is 234 Å². The summed E-state index contributed by atoms with van der Waals surface area (Å²) in [7, 11) is 0. The van der Waals surface area contributed by atoms with Crippen molar-refractivity contribution in [2.24, 2.45) is 23.7 Å². The maximum absolute atomic E-state index is 13.8. The molecule has 2 rings (SSSR count). The van der Waals surface area contributed by atoms with Gasteiger partial charge in [0.05, 0.1) is 12.1 Å². The number of alkyl carbamates (subject to hydrolysis) is 2. The van der Waals surface area contributed by atoms with E-state index in [-0.39, 0.29) is 37.9 Å². The van der Waals surface area contributed by atoms with Crippen LogP contribution in [0.25, 0.3) is 0 Å². The number of carbonyl (C=O) groups is 6. The molecule has 0 aromatic heterocycles. The van der Waals surface area contributed by atoms with Crippen molar-refractivity contribution in [3.05, 3.63) is 71.8 Å². The van der Waals surface area contributed by atoms with Gasteiger partial charge in [-0.05, 0) is 61.5 Å². The molecule has 334 valence electrons. The van der Waals surface area contributed by atoms with Gasteiger partial charge in [0.15, 0.2) is 0 Å². The molecule has 0 fully saturated rings. The SMILES string of the molecule is CC(C)C[C@H](NC(=O)[C@@H](NC(=O)[C@H](C)NC(=O)OCc1ccccc1)C(C)C)[C@@H](O)[C@H](O)[C@H](CC(C)C)NC(=O)[C@@H](NC(=O)[C@H](C)NC(=O)OCc1ccccc1)C(C)C. The number of ether oxygens (including phenoxy) is 2. The average Bonchev–Trinajstić information content (AvgIpc) is 3.19. The van der Waals surface area contributed by atoms with Crippen molar-refractivity contribution < 1.29 is 48.5 Å². The third-order valence-electron chi connectivity index (χ3n) is 9.65. The van der Waals surface area contributed by atoms with Gasteiger partial charge >= 0.3 is 12.2 Å². The molecule has 2 aromatic carbocycles. The summed E-state index contributed by atoms with van der Waals surface area (Å²) in [6.45, 7) is 17.4. The number of hydrogen-bond donors (Lipinski definition) is 8. The van der Waals surface area contributed by atoms with Crippen molar-refractivity contribution in [2.45, 2.75) is 144 Å². The van der Waals surface area contributed by atoms with Crippen LogP contribution in [0.3, 0.4) is 0 Å². The first-order valence-electron chi connectivity index (χ1n) is 20.7. The molecule has 0 unspecified atom stereocenters. The van der Waals surface area contributed by atoms with Crippen molar-refractivity contribution in [2.75, 3.05) is 0 Å². The van der Waals surface area contributed by atoms with Gasteiger partial charge in [0, 0.05) is 0 Å². The number of nitrogens with one attached hydrogen (secondary N) is 6. The zero-order valence-electron chi connectivity index (χ0n) is 36.7. The first-order chi connectivity index (χ1) is 28.2. The van der Waals surface area contributed by atoms with Crippen molar-refractivity contribution >= 4 is 35.8 Å². The molecule has 0 aliphatic carbocycles. The Balaban J connectivity index is 2.12. The molecule has 0 bridgehead atoms. The van der Waals surface area contributed by atoms with Crippen LogP contribution in [-0.4, -0.2) is 94.5 Å². The lowest BCUT2D eigenvalue weighted by molar-refractivity contribution is -0.133. The smallest absolute Gasteiger partial charge is 0.408 e. The summed E-state index contributed by atoms with van der Waals surface area (Å²) in [5.41, 5.74) is 1.54. The Morgan fingerprint density at radius 3 is 1.07 bits per heavy atom. The molecule has 2 aromatic rings. The van der Waals surface area contributed by atoms with Gasteiger partial charge in [-0.15, -0.1) is 0 Å². The molecule has 0 radical (unpaired) electrons. The molecular formula is C44H68N6O10. The minimum absolute atomic E-state index is 0.00655. The summed E-state index contributed by atoms with van der Waals surface area (Å²) in [5, 5.41) is 39.3. The zero-order chi connectivity index (χ0) is 45.1. The lowest BCUT2D eigenvalue weighted by Crippen LogP contribution is -2.62. The van der Waals surface area contributed by atoms with E-state index in [0.717, 1.165) is 11.1 Å². The number of rotatable bonds is 23. The highest BCUT2D eigenvalue weighted by Gasteiger charge is 2.38. The number of aliphatic hydroxyl groups excluding tert-OH is 2. The normalized spacial score (nSPS) is 15.4. The maximum atomic E-state index is 13.8. The van der Waals surface area contributed by atoms with E-state index in [1.165, 1.54) is 13.8 Å². The minimum atomic E-state index is -1.57. The molecule has 0 aliphatic heterocycles. The van der Waals surface area contributed by atoms with E-state index < -0.39 is 96.1 Å². The number of benzene rings is 2. The van der Waals surface area contributed by atoms with Gasteiger partial charge in [0.25, 0.3) is 0 Å². The maximum Gasteiger partial charge on any atom is 0.408 e. The summed E-state index contributed by atoms with van der Waals surface area (Å²) in [4.78, 5) is 78.7. The largest absolute Gasteiger partial charge is 0.445 e. The van der Waals surface area contributed by atoms with Crippen LogP contribution >= 0.6 is 0 Å². The Morgan fingerprint density at radius 1 is 0.467 bits per heavy atom. The Kier molecular flexibility index (Phi) is 21.6. The summed E-state index contributed by atoms with van der Waals surface area (Å²) in [6.07, 6.45) is -4.28. The van der Waals surface area contributed by atoms with Crippen LogP contribution in [0.1, 0.15) is 93.2 Å². The van der Waals surface area contributed by atoms with E-state index >= 15 is 0 Å². The Hall–Kier alpha value is -5.22. The second kappa shape index (κ2) is 25.4. The standard InChI is InChI=1S/C44H68N6O10/c1-25(2)21-33(47-41(55)35(27(5)6)49-39(53)29(9)45-43(57)59-23-31-17-13-11-14-18-31)37(51)38(52)34(22-26(3)4)48-42(56)36(28(7)8)50-40(54)30(10)46-44(58)60-24-32-19-15-12-16-20-32/h11-20,25-30,33-38,51-52H,21-24H2,1-10H3,(H,45,57)(H,46,58)(H,47,55)(H,48,56)(H,49,53)(H,50,54)/t29-,30-,33-,34-,35-,36-,37+,38+/m0/s1. The molecule has 0 saturated heterocycles. The van der Waals surface area contributed by atoms with Crippen LogP contribution < -0.4 is 31.9 Å². The van der Waals surface area contributed by atoms with Crippen molar-refractivity contribution in [3.63, 3.8) is 0 Å². The lowest BCUT2D eigenvalue weighted by Gasteiger charge is -2.36. The third kappa shape index (κ3) is 18.0. The first-order valence-corrected chi connectivity index (χ1v) is 20.7. The highest BCUT2D eigenvalue weighted by atomic mass is 16.6. The van der Waals surface area contributed by atoms with E-state index in [4.69, 9.17) is 9.47 Å². The van der Waals surface area contributed by atoms with Gasteiger partial charge in [-0.1, -0.05) is 116 Å². The molecule has 0 aliphatic rings. The van der Waals surface area contributed by atoms with E-state index in [1.807, 2.05) is 64.1 Å². The van der Waals surface area contributed by atoms with Crippen LogP contribution in [0.5, 0.6) is 0 Å². The average molecular weight is 841 g/mol. The van der Waals surface area contributed by atoms with Gasteiger partial charge in [-0.2, -0.15) is 0 Å². The molecular weight excluding hydrogens is 773 g/mol. The number of aliphatic hydroxyl groups is 2. The summed E-state index contributed by atoms with van der Waals surface area (Å²) >= 11 is 0. The van der Waals surface area contributed by atoms with Gasteiger partial charge in [0.2, 0.25) is 23.6 Å². The Bertz CT molecular complexity index is 1540. The van der Waals surface area contributed by atoms with Crippen molar-refractivity contribution in [1.82, 2.24) is 31.9 Å². The Morgan fingerprint density at radius 2 is 0.783 bits per heavy atom. The summed E-state index contributed by atoms with van der Waals surface area (Å²) < 4.78 is 10.4. The van der Waals surface area contributed by atoms with Gasteiger partial charge in [-0.25, -0.2) is 9.59 Å². The van der Waals surface area contributed by atoms with E-state index in [9.17, 15) is 39.0 Å². The number of hydrogen-bond acceptors (Lipinski definition) is 10. The van der Waals surface area contributed by atoms with Gasteiger partial charge < -0.3 is 51.6 Å². The van der Waals surface area contributed by atoms with E-state index in [2.05, 4.69) is 31.9 Å². The molecule has 0 heterocycles. The fourth-order valence-electron chi connectivity index (χ4n) is 6.24. The molecule has 8 atom stereocenters. The minimum Gasteiger partial charge on any atom is -0.445 e. The summed E-state index contributed by atoms with van der Waals surface area (Å²) in [6, 6.07) is 11.8. The van der Waals surface area contributed by atoms with Crippen molar-refractivity contribution in [1.29, 1.82) is 0 Å². The monoisotopic (exact) mass is 840 g/mol. The fourth-order valence-corrected chi connectivity index (χ4v) is 6.24. The molecule has 6 amide bonds. The first kappa shape index (κ1) is 50.9. The molecule has 16 nitrogen and oxygen atoms in total. The number of carbonyl (C=O) groups excluding carboxylic acids is 6. The molecule has 0 spiro atoms. The highest BCUT2D eigenvalue weighted by molar-refractivity contribution is 5.92. The molecule has 60 heavy (non-hydrogen) atoms. The predicted molar refractivity (Wildman–Crippen MR) is 227 cm³/mol. The van der Waals surface area contributed by atoms with Crippen LogP contribution in [0.2, 0.25) is 0 Å². The molecule has 8 N–H and O–H groups in total. The van der Waals surface area contributed by atoms with Gasteiger partial charge in [-0.3, -0.25) is 19.2 Å². The fraction of sp³-hybridized carbons (Fsp3) is 0.591. The summed E-state index contributed by atoms with van der Waals surface area (Å²) in [5.74, 6) is -3.45. The van der Waals surface area contributed by atoms with Crippen molar-refractivity contribution in [3.8, 4) is 0 Å². The van der Waals surface area contributed by atoms with E-state index in [1.54, 1.807) is 52.0 Å². The second-order valence-corrected chi connectivity index (χ2v) is 16.8. The van der Waals surface area contributed by atoms with E-state index in [0.29, 0.717) is 0 Å². The van der Waals surface area contributed by atoms with Crippen LogP contribution in [0.4, 0.5) is 9.59 Å². The zero-order valence-corrected chi connectivity index (χ0v) is 36.7. The second-order valence-electron chi connectivity index (χ2n) is 16.8. The van der Waals surface area contributed by atoms with Gasteiger partial charge in [0.1, 0.15) is 49.6 Å². The quantitative estimate of drug-likeness (QED) is 0.0809.